The molecule has 2 rings (SSSR count). The normalized spacial score (nSPS) is 16.0. The Morgan fingerprint density at radius 1 is 1.26 bits per heavy atom. The number of rotatable bonds is 4. The van der Waals surface area contributed by atoms with Crippen LogP contribution in [0, 0.1) is 5.92 Å². The molecule has 1 unspecified atom stereocenters. The second-order valence-electron chi connectivity index (χ2n) is 5.71. The van der Waals surface area contributed by atoms with Crippen LogP contribution >= 0.6 is 0 Å². The zero-order chi connectivity index (χ0) is 13.8. The molecule has 0 bridgehead atoms. The maximum atomic E-state index is 12.0. The van der Waals surface area contributed by atoms with E-state index >= 15 is 0 Å². The maximum absolute atomic E-state index is 12.0. The van der Waals surface area contributed by atoms with Gasteiger partial charge < -0.3 is 10.4 Å². The van der Waals surface area contributed by atoms with E-state index < -0.39 is 6.10 Å². The van der Waals surface area contributed by atoms with Gasteiger partial charge in [0.1, 0.15) is 0 Å². The molecular formula is C16H23NO2. The Labute approximate surface area is 115 Å². The molecule has 104 valence electrons. The van der Waals surface area contributed by atoms with E-state index in [1.807, 2.05) is 26.0 Å². The van der Waals surface area contributed by atoms with Gasteiger partial charge in [-0.1, -0.05) is 19.9 Å². The summed E-state index contributed by atoms with van der Waals surface area (Å²) in [6, 6.07) is 5.97. The maximum Gasteiger partial charge on any atom is 0.251 e. The molecular weight excluding hydrogens is 238 g/mol. The van der Waals surface area contributed by atoms with Crippen molar-refractivity contribution in [2.75, 3.05) is 6.54 Å². The number of nitrogens with one attached hydrogen (secondary N) is 1. The number of aliphatic hydroxyl groups is 1. The Morgan fingerprint density at radius 2 is 1.95 bits per heavy atom. The van der Waals surface area contributed by atoms with E-state index in [0.29, 0.717) is 12.1 Å². The largest absolute Gasteiger partial charge is 0.391 e. The molecule has 19 heavy (non-hydrogen) atoms. The number of carbonyl (C=O) groups is 1. The predicted octanol–water partition coefficient (Wildman–Crippen LogP) is 2.31. The third-order valence-electron chi connectivity index (χ3n) is 3.85. The third-order valence-corrected chi connectivity index (χ3v) is 3.85. The summed E-state index contributed by atoms with van der Waals surface area (Å²) in [5.74, 6) is 0.0666. The summed E-state index contributed by atoms with van der Waals surface area (Å²) in [7, 11) is 0. The minimum absolute atomic E-state index is 0.0897. The molecule has 3 nitrogen and oxygen atoms in total. The molecule has 0 saturated heterocycles. The number of aryl methyl sites for hydroxylation is 2. The fraction of sp³-hybridized carbons (Fsp3) is 0.562. The first-order valence-corrected chi connectivity index (χ1v) is 7.16. The number of amides is 1. The highest BCUT2D eigenvalue weighted by atomic mass is 16.3. The van der Waals surface area contributed by atoms with Crippen LogP contribution in [0.25, 0.3) is 0 Å². The van der Waals surface area contributed by atoms with Crippen LogP contribution in [0.5, 0.6) is 0 Å². The van der Waals surface area contributed by atoms with Gasteiger partial charge in [-0.25, -0.2) is 0 Å². The molecule has 0 saturated carbocycles. The van der Waals surface area contributed by atoms with Crippen LogP contribution in [-0.2, 0) is 12.8 Å². The Hall–Kier alpha value is -1.35. The summed E-state index contributed by atoms with van der Waals surface area (Å²) < 4.78 is 0. The van der Waals surface area contributed by atoms with Crippen LogP contribution in [0.3, 0.4) is 0 Å². The molecule has 0 aromatic heterocycles. The lowest BCUT2D eigenvalue weighted by atomic mass is 9.90. The molecule has 0 fully saturated rings. The van der Waals surface area contributed by atoms with Crippen molar-refractivity contribution >= 4 is 5.91 Å². The minimum atomic E-state index is -0.485. The van der Waals surface area contributed by atoms with Gasteiger partial charge >= 0.3 is 0 Å². The van der Waals surface area contributed by atoms with Gasteiger partial charge in [0.2, 0.25) is 0 Å². The first-order chi connectivity index (χ1) is 9.08. The van der Waals surface area contributed by atoms with Crippen LogP contribution in [0.2, 0.25) is 0 Å². The van der Waals surface area contributed by atoms with Gasteiger partial charge in [-0.3, -0.25) is 4.79 Å². The third kappa shape index (κ3) is 3.57. The molecule has 1 atom stereocenters. The Bertz CT molecular complexity index is 454. The van der Waals surface area contributed by atoms with Crippen molar-refractivity contribution in [1.82, 2.24) is 5.32 Å². The standard InChI is InChI=1S/C16H23NO2/c1-11(2)15(18)10-17-16(19)14-8-7-12-5-3-4-6-13(12)9-14/h7-9,11,15,18H,3-6,10H2,1-2H3,(H,17,19). The number of benzene rings is 1. The average molecular weight is 261 g/mol. The lowest BCUT2D eigenvalue weighted by molar-refractivity contribution is 0.0871. The summed E-state index contributed by atoms with van der Waals surface area (Å²) in [5, 5.41) is 12.5. The van der Waals surface area contributed by atoms with Crippen molar-refractivity contribution in [3.63, 3.8) is 0 Å². The molecule has 0 spiro atoms. The summed E-state index contributed by atoms with van der Waals surface area (Å²) in [6.45, 7) is 4.19. The van der Waals surface area contributed by atoms with E-state index in [1.165, 1.54) is 24.0 Å². The molecule has 1 aromatic carbocycles. The second-order valence-corrected chi connectivity index (χ2v) is 5.71. The monoisotopic (exact) mass is 261 g/mol. The summed E-state index contributed by atoms with van der Waals surface area (Å²) in [6.07, 6.45) is 4.18. The molecule has 1 aliphatic rings. The smallest absolute Gasteiger partial charge is 0.251 e. The molecule has 2 N–H and O–H groups in total. The van der Waals surface area contributed by atoms with Crippen LogP contribution in [0.1, 0.15) is 48.2 Å². The number of hydrogen-bond donors (Lipinski definition) is 2. The Kier molecular flexibility index (Phi) is 4.59. The lowest BCUT2D eigenvalue weighted by Crippen LogP contribution is -2.34. The molecule has 0 heterocycles. The molecule has 1 aromatic rings. The van der Waals surface area contributed by atoms with E-state index in [-0.39, 0.29) is 11.8 Å². The van der Waals surface area contributed by atoms with Crippen LogP contribution in [0.15, 0.2) is 18.2 Å². The minimum Gasteiger partial charge on any atom is -0.391 e. The molecule has 0 radical (unpaired) electrons. The van der Waals surface area contributed by atoms with Crippen molar-refractivity contribution in [1.29, 1.82) is 0 Å². The summed E-state index contributed by atoms with van der Waals surface area (Å²) in [4.78, 5) is 12.0. The van der Waals surface area contributed by atoms with Crippen molar-refractivity contribution in [2.45, 2.75) is 45.6 Å². The van der Waals surface area contributed by atoms with Crippen molar-refractivity contribution in [2.24, 2.45) is 5.92 Å². The summed E-state index contributed by atoms with van der Waals surface area (Å²) >= 11 is 0. The van der Waals surface area contributed by atoms with E-state index in [0.717, 1.165) is 12.8 Å². The van der Waals surface area contributed by atoms with Gasteiger partial charge in [-0.15, -0.1) is 0 Å². The lowest BCUT2D eigenvalue weighted by Gasteiger charge is -2.18. The zero-order valence-electron chi connectivity index (χ0n) is 11.8. The second kappa shape index (κ2) is 6.20. The predicted molar refractivity (Wildman–Crippen MR) is 76.3 cm³/mol. The van der Waals surface area contributed by atoms with Gasteiger partial charge in [-0.05, 0) is 54.9 Å². The highest BCUT2D eigenvalue weighted by Gasteiger charge is 2.14. The highest BCUT2D eigenvalue weighted by Crippen LogP contribution is 2.22. The van der Waals surface area contributed by atoms with Gasteiger partial charge in [0, 0.05) is 12.1 Å². The fourth-order valence-electron chi connectivity index (χ4n) is 2.41. The molecule has 1 aliphatic carbocycles. The quantitative estimate of drug-likeness (QED) is 0.874. The van der Waals surface area contributed by atoms with Gasteiger partial charge in [-0.2, -0.15) is 0 Å². The number of hydrogen-bond acceptors (Lipinski definition) is 2. The van der Waals surface area contributed by atoms with Crippen molar-refractivity contribution in [3.05, 3.63) is 34.9 Å². The topological polar surface area (TPSA) is 49.3 Å². The Balaban J connectivity index is 1.99. The van der Waals surface area contributed by atoms with Gasteiger partial charge in [0.25, 0.3) is 5.91 Å². The Morgan fingerprint density at radius 3 is 2.63 bits per heavy atom. The van der Waals surface area contributed by atoms with Gasteiger partial charge in [0.05, 0.1) is 6.10 Å². The molecule has 1 amide bonds. The highest BCUT2D eigenvalue weighted by molar-refractivity contribution is 5.94. The summed E-state index contributed by atoms with van der Waals surface area (Å²) in [5.41, 5.74) is 3.39. The van der Waals surface area contributed by atoms with E-state index in [1.54, 1.807) is 0 Å². The first-order valence-electron chi connectivity index (χ1n) is 7.16. The van der Waals surface area contributed by atoms with Crippen LogP contribution < -0.4 is 5.32 Å². The molecule has 3 heteroatoms. The van der Waals surface area contributed by atoms with E-state index in [4.69, 9.17) is 0 Å². The fourth-order valence-corrected chi connectivity index (χ4v) is 2.41. The van der Waals surface area contributed by atoms with E-state index in [2.05, 4.69) is 11.4 Å². The molecule has 0 aliphatic heterocycles. The zero-order valence-corrected chi connectivity index (χ0v) is 11.8. The van der Waals surface area contributed by atoms with E-state index in [9.17, 15) is 9.90 Å². The first kappa shape index (κ1) is 14.1. The number of carbonyl (C=O) groups excluding carboxylic acids is 1. The van der Waals surface area contributed by atoms with Crippen molar-refractivity contribution in [3.8, 4) is 0 Å². The van der Waals surface area contributed by atoms with Crippen molar-refractivity contribution < 1.29 is 9.90 Å². The SMILES string of the molecule is CC(C)C(O)CNC(=O)c1ccc2c(c1)CCCC2. The average Bonchev–Trinajstić information content (AvgIpc) is 2.43. The van der Waals surface area contributed by atoms with Crippen LogP contribution in [-0.4, -0.2) is 23.7 Å². The number of fused-ring (bicyclic) bond motifs is 1. The van der Waals surface area contributed by atoms with Crippen LogP contribution in [0.4, 0.5) is 0 Å². The number of aliphatic hydroxyl groups excluding tert-OH is 1. The van der Waals surface area contributed by atoms with Gasteiger partial charge in [0.15, 0.2) is 0 Å².